The molecule has 0 aliphatic heterocycles. The third kappa shape index (κ3) is 2.83. The van der Waals surface area contributed by atoms with E-state index < -0.39 is 9.84 Å². The van der Waals surface area contributed by atoms with Gasteiger partial charge in [-0.3, -0.25) is 4.98 Å². The molecule has 0 aliphatic carbocycles. The summed E-state index contributed by atoms with van der Waals surface area (Å²) in [5, 5.41) is 0.893. The molecule has 2 rings (SSSR count). The molecular formula is C12H9Cl2NO2S. The van der Waals surface area contributed by atoms with Gasteiger partial charge in [0, 0.05) is 34.8 Å². The fourth-order valence-electron chi connectivity index (χ4n) is 1.61. The molecule has 0 amide bonds. The molecule has 0 fully saturated rings. The van der Waals surface area contributed by atoms with Crippen molar-refractivity contribution < 1.29 is 8.42 Å². The Balaban J connectivity index is 2.74. The van der Waals surface area contributed by atoms with Gasteiger partial charge in [0.2, 0.25) is 0 Å². The summed E-state index contributed by atoms with van der Waals surface area (Å²) >= 11 is 11.8. The first kappa shape index (κ1) is 13.3. The number of sulfone groups is 1. The van der Waals surface area contributed by atoms with Crippen LogP contribution in [0.1, 0.15) is 0 Å². The van der Waals surface area contributed by atoms with Gasteiger partial charge in [-0.05, 0) is 24.3 Å². The largest absolute Gasteiger partial charge is 0.263 e. The van der Waals surface area contributed by atoms with E-state index in [1.165, 1.54) is 12.3 Å². The van der Waals surface area contributed by atoms with Crippen LogP contribution in [-0.2, 0) is 9.84 Å². The van der Waals surface area contributed by atoms with E-state index in [2.05, 4.69) is 4.98 Å². The lowest BCUT2D eigenvalue weighted by Crippen LogP contribution is -2.00. The van der Waals surface area contributed by atoms with Crippen molar-refractivity contribution in [2.24, 2.45) is 0 Å². The number of rotatable bonds is 2. The molecule has 6 heteroatoms. The van der Waals surface area contributed by atoms with Gasteiger partial charge in [0.15, 0.2) is 9.84 Å². The third-order valence-corrected chi connectivity index (χ3v) is 3.95. The van der Waals surface area contributed by atoms with Crippen molar-refractivity contribution in [3.05, 3.63) is 46.7 Å². The van der Waals surface area contributed by atoms with Crippen LogP contribution in [0.4, 0.5) is 0 Å². The summed E-state index contributed by atoms with van der Waals surface area (Å²) in [5.74, 6) is 0. The lowest BCUT2D eigenvalue weighted by atomic mass is 10.1. The fourth-order valence-corrected chi connectivity index (χ4v) is 2.85. The molecule has 0 radical (unpaired) electrons. The van der Waals surface area contributed by atoms with E-state index in [4.69, 9.17) is 23.2 Å². The number of benzene rings is 1. The highest BCUT2D eigenvalue weighted by Gasteiger charge is 2.15. The van der Waals surface area contributed by atoms with Crippen molar-refractivity contribution in [1.29, 1.82) is 0 Å². The minimum absolute atomic E-state index is 0.205. The number of hydrogen-bond donors (Lipinski definition) is 0. The van der Waals surface area contributed by atoms with Crippen LogP contribution in [0.2, 0.25) is 10.0 Å². The molecule has 0 aliphatic rings. The van der Waals surface area contributed by atoms with Crippen LogP contribution in [0.15, 0.2) is 41.6 Å². The van der Waals surface area contributed by atoms with Crippen LogP contribution < -0.4 is 0 Å². The second kappa shape index (κ2) is 4.88. The van der Waals surface area contributed by atoms with Gasteiger partial charge in [-0.1, -0.05) is 23.2 Å². The molecular weight excluding hydrogens is 293 g/mol. The van der Waals surface area contributed by atoms with Crippen LogP contribution in [0.5, 0.6) is 0 Å². The molecule has 0 saturated heterocycles. The summed E-state index contributed by atoms with van der Waals surface area (Å²) in [4.78, 5) is 4.15. The Hall–Kier alpha value is -1.10. The summed E-state index contributed by atoms with van der Waals surface area (Å²) in [5.41, 5.74) is 1.12. The average molecular weight is 302 g/mol. The van der Waals surface area contributed by atoms with E-state index in [0.717, 1.165) is 6.26 Å². The van der Waals surface area contributed by atoms with E-state index >= 15 is 0 Å². The first-order chi connectivity index (χ1) is 8.38. The molecule has 0 unspecified atom stereocenters. The lowest BCUT2D eigenvalue weighted by Gasteiger charge is -2.08. The first-order valence-corrected chi connectivity index (χ1v) is 7.63. The molecule has 0 saturated carbocycles. The summed E-state index contributed by atoms with van der Waals surface area (Å²) in [6.07, 6.45) is 4.18. The van der Waals surface area contributed by atoms with Crippen LogP contribution in [0.25, 0.3) is 11.1 Å². The molecule has 0 bridgehead atoms. The zero-order valence-electron chi connectivity index (χ0n) is 9.39. The normalized spacial score (nSPS) is 11.5. The molecule has 0 N–H and O–H groups in total. The molecule has 1 aromatic carbocycles. The molecule has 2 aromatic rings. The Bertz CT molecular complexity index is 699. The molecule has 1 aromatic heterocycles. The summed E-state index contributed by atoms with van der Waals surface area (Å²) in [6, 6.07) is 6.26. The quantitative estimate of drug-likeness (QED) is 0.853. The first-order valence-electron chi connectivity index (χ1n) is 4.98. The Morgan fingerprint density at radius 2 is 1.78 bits per heavy atom. The van der Waals surface area contributed by atoms with E-state index in [1.54, 1.807) is 24.4 Å². The van der Waals surface area contributed by atoms with Crippen LogP contribution in [-0.4, -0.2) is 19.7 Å². The standard InChI is InChI=1S/C12H9Cl2NO2S/c1-18(16,17)12-3-2-9(13)5-11(12)8-4-10(14)7-15-6-8/h2-7H,1H3. The van der Waals surface area contributed by atoms with Gasteiger partial charge in [-0.2, -0.15) is 0 Å². The zero-order chi connectivity index (χ0) is 13.3. The fraction of sp³-hybridized carbons (Fsp3) is 0.0833. The maximum absolute atomic E-state index is 11.7. The van der Waals surface area contributed by atoms with Crippen molar-refractivity contribution in [2.45, 2.75) is 4.90 Å². The summed E-state index contributed by atoms with van der Waals surface area (Å²) in [7, 11) is -3.34. The van der Waals surface area contributed by atoms with Crippen LogP contribution >= 0.6 is 23.2 Å². The predicted molar refractivity (Wildman–Crippen MR) is 72.8 cm³/mol. The second-order valence-electron chi connectivity index (χ2n) is 3.80. The second-order valence-corrected chi connectivity index (χ2v) is 6.66. The average Bonchev–Trinajstić information content (AvgIpc) is 2.27. The van der Waals surface area contributed by atoms with Gasteiger partial charge in [0.1, 0.15) is 0 Å². The minimum atomic E-state index is -3.34. The topological polar surface area (TPSA) is 47.0 Å². The van der Waals surface area contributed by atoms with Gasteiger partial charge < -0.3 is 0 Å². The molecule has 0 atom stereocenters. The van der Waals surface area contributed by atoms with Gasteiger partial charge in [0.05, 0.1) is 9.92 Å². The maximum Gasteiger partial charge on any atom is 0.176 e. The van der Waals surface area contributed by atoms with E-state index in [9.17, 15) is 8.42 Å². The number of halogens is 2. The van der Waals surface area contributed by atoms with Gasteiger partial charge in [-0.15, -0.1) is 0 Å². The van der Waals surface area contributed by atoms with Crippen molar-refractivity contribution >= 4 is 33.0 Å². The van der Waals surface area contributed by atoms with Gasteiger partial charge in [-0.25, -0.2) is 8.42 Å². The van der Waals surface area contributed by atoms with Gasteiger partial charge >= 0.3 is 0 Å². The predicted octanol–water partition coefficient (Wildman–Crippen LogP) is 3.46. The zero-order valence-corrected chi connectivity index (χ0v) is 11.7. The maximum atomic E-state index is 11.7. The molecule has 18 heavy (non-hydrogen) atoms. The van der Waals surface area contributed by atoms with Crippen LogP contribution in [0.3, 0.4) is 0 Å². The van der Waals surface area contributed by atoms with Crippen LogP contribution in [0, 0.1) is 0 Å². The van der Waals surface area contributed by atoms with E-state index in [0.29, 0.717) is 21.2 Å². The lowest BCUT2D eigenvalue weighted by molar-refractivity contribution is 0.602. The third-order valence-electron chi connectivity index (χ3n) is 2.36. The highest BCUT2D eigenvalue weighted by molar-refractivity contribution is 7.90. The van der Waals surface area contributed by atoms with Crippen molar-refractivity contribution in [2.75, 3.05) is 6.26 Å². The monoisotopic (exact) mass is 301 g/mol. The minimum Gasteiger partial charge on any atom is -0.263 e. The van der Waals surface area contributed by atoms with E-state index in [-0.39, 0.29) is 4.90 Å². The van der Waals surface area contributed by atoms with Crippen molar-refractivity contribution in [3.8, 4) is 11.1 Å². The Morgan fingerprint density at radius 1 is 1.06 bits per heavy atom. The van der Waals surface area contributed by atoms with E-state index in [1.807, 2.05) is 0 Å². The molecule has 1 heterocycles. The SMILES string of the molecule is CS(=O)(=O)c1ccc(Cl)cc1-c1cncc(Cl)c1. The number of pyridine rings is 1. The van der Waals surface area contributed by atoms with Gasteiger partial charge in [0.25, 0.3) is 0 Å². The molecule has 94 valence electrons. The Morgan fingerprint density at radius 3 is 2.39 bits per heavy atom. The van der Waals surface area contributed by atoms with Crippen molar-refractivity contribution in [3.63, 3.8) is 0 Å². The molecule has 3 nitrogen and oxygen atoms in total. The van der Waals surface area contributed by atoms with Crippen molar-refractivity contribution in [1.82, 2.24) is 4.98 Å². The highest BCUT2D eigenvalue weighted by Crippen LogP contribution is 2.30. The Kier molecular flexibility index (Phi) is 3.61. The highest BCUT2D eigenvalue weighted by atomic mass is 35.5. The number of aromatic nitrogens is 1. The summed E-state index contributed by atoms with van der Waals surface area (Å²) < 4.78 is 23.5. The smallest absolute Gasteiger partial charge is 0.176 e. The Labute approximate surface area is 115 Å². The number of nitrogens with zero attached hydrogens (tertiary/aromatic N) is 1. The summed E-state index contributed by atoms with van der Waals surface area (Å²) in [6.45, 7) is 0. The molecule has 0 spiro atoms. The number of hydrogen-bond acceptors (Lipinski definition) is 3.